The Morgan fingerprint density at radius 3 is 2.67 bits per heavy atom. The van der Waals surface area contributed by atoms with Crippen LogP contribution < -0.4 is 11.1 Å². The number of rotatable bonds is 1. The molecule has 0 bridgehead atoms. The lowest BCUT2D eigenvalue weighted by atomic mass is 10.6. The van der Waals surface area contributed by atoms with Gasteiger partial charge in [0.2, 0.25) is 0 Å². The van der Waals surface area contributed by atoms with Crippen molar-refractivity contribution in [3.05, 3.63) is 6.33 Å². The zero-order chi connectivity index (χ0) is 6.85. The van der Waals surface area contributed by atoms with Gasteiger partial charge in [-0.3, -0.25) is 0 Å². The molecule has 4 nitrogen and oxygen atoms in total. The lowest BCUT2D eigenvalue weighted by molar-refractivity contribution is 0.918. The van der Waals surface area contributed by atoms with Crippen LogP contribution >= 0.6 is 0 Å². The van der Waals surface area contributed by atoms with E-state index in [0.29, 0.717) is 5.82 Å². The Hall–Kier alpha value is -1.19. The Balaban J connectivity index is 3.07. The molecule has 1 heterocycles. The predicted molar refractivity (Wildman–Crippen MR) is 37.2 cm³/mol. The standard InChI is InChI=1S/C5H10N4/c1-7-5-4(6)8-3-9(5)2/h3,7H,6H2,1-2H3. The van der Waals surface area contributed by atoms with Crippen LogP contribution in [-0.2, 0) is 7.05 Å². The molecule has 4 heteroatoms. The SMILES string of the molecule is CNc1c(N)ncn1C. The number of nitrogens with zero attached hydrogens (tertiary/aromatic N) is 2. The summed E-state index contributed by atoms with van der Waals surface area (Å²) in [6, 6.07) is 0. The van der Waals surface area contributed by atoms with Crippen molar-refractivity contribution in [2.45, 2.75) is 0 Å². The molecule has 1 aromatic heterocycles. The maximum Gasteiger partial charge on any atom is 0.166 e. The molecule has 0 aliphatic rings. The molecule has 3 N–H and O–H groups in total. The van der Waals surface area contributed by atoms with Gasteiger partial charge >= 0.3 is 0 Å². The van der Waals surface area contributed by atoms with Crippen molar-refractivity contribution in [3.63, 3.8) is 0 Å². The second-order valence-electron chi connectivity index (χ2n) is 1.84. The molecule has 0 aromatic carbocycles. The van der Waals surface area contributed by atoms with Crippen molar-refractivity contribution >= 4 is 11.6 Å². The number of anilines is 2. The van der Waals surface area contributed by atoms with Gasteiger partial charge in [-0.15, -0.1) is 0 Å². The number of hydrogen-bond acceptors (Lipinski definition) is 3. The quantitative estimate of drug-likeness (QED) is 0.558. The zero-order valence-electron chi connectivity index (χ0n) is 5.55. The average molecular weight is 126 g/mol. The second kappa shape index (κ2) is 1.97. The molecule has 0 amide bonds. The molecular formula is C5H10N4. The first kappa shape index (κ1) is 5.94. The molecule has 0 spiro atoms. The van der Waals surface area contributed by atoms with Gasteiger partial charge in [0.15, 0.2) is 5.82 Å². The number of nitrogens with two attached hydrogens (primary N) is 1. The Labute approximate surface area is 53.7 Å². The molecule has 50 valence electrons. The molecule has 0 aliphatic carbocycles. The molecule has 0 saturated carbocycles. The minimum atomic E-state index is 0.542. The van der Waals surface area contributed by atoms with E-state index < -0.39 is 0 Å². The van der Waals surface area contributed by atoms with Gasteiger partial charge in [-0.25, -0.2) is 4.98 Å². The first-order valence-electron chi connectivity index (χ1n) is 2.70. The van der Waals surface area contributed by atoms with Gasteiger partial charge in [0, 0.05) is 14.1 Å². The number of aromatic nitrogens is 2. The van der Waals surface area contributed by atoms with Gasteiger partial charge in [0.05, 0.1) is 6.33 Å². The fraction of sp³-hybridized carbons (Fsp3) is 0.400. The number of aryl methyl sites for hydroxylation is 1. The molecule has 0 unspecified atom stereocenters. The highest BCUT2D eigenvalue weighted by Crippen LogP contribution is 2.12. The smallest absolute Gasteiger partial charge is 0.166 e. The molecule has 0 aliphatic heterocycles. The van der Waals surface area contributed by atoms with E-state index in [9.17, 15) is 0 Å². The summed E-state index contributed by atoms with van der Waals surface area (Å²) in [7, 11) is 3.70. The summed E-state index contributed by atoms with van der Waals surface area (Å²) < 4.78 is 1.83. The van der Waals surface area contributed by atoms with E-state index in [1.807, 2.05) is 18.7 Å². The van der Waals surface area contributed by atoms with Crippen LogP contribution in [-0.4, -0.2) is 16.6 Å². The van der Waals surface area contributed by atoms with Crippen LogP contribution in [0.3, 0.4) is 0 Å². The van der Waals surface area contributed by atoms with Crippen LogP contribution in [0.1, 0.15) is 0 Å². The van der Waals surface area contributed by atoms with Crippen LogP contribution in [0.5, 0.6) is 0 Å². The Bertz CT molecular complexity index is 183. The highest BCUT2D eigenvalue weighted by molar-refractivity contribution is 5.56. The highest BCUT2D eigenvalue weighted by Gasteiger charge is 1.99. The van der Waals surface area contributed by atoms with Crippen molar-refractivity contribution in [3.8, 4) is 0 Å². The third kappa shape index (κ3) is 0.826. The van der Waals surface area contributed by atoms with E-state index in [1.54, 1.807) is 6.33 Å². The third-order valence-electron chi connectivity index (χ3n) is 1.20. The van der Waals surface area contributed by atoms with Gasteiger partial charge in [-0.2, -0.15) is 0 Å². The van der Waals surface area contributed by atoms with Crippen LogP contribution in [0.2, 0.25) is 0 Å². The Kier molecular flexibility index (Phi) is 1.30. The molecule has 0 fully saturated rings. The average Bonchev–Trinajstić information content (AvgIpc) is 2.12. The normalized spacial score (nSPS) is 9.56. The maximum absolute atomic E-state index is 5.46. The second-order valence-corrected chi connectivity index (χ2v) is 1.84. The topological polar surface area (TPSA) is 55.9 Å². The van der Waals surface area contributed by atoms with Gasteiger partial charge in [-0.05, 0) is 0 Å². The maximum atomic E-state index is 5.46. The first-order valence-corrected chi connectivity index (χ1v) is 2.70. The summed E-state index contributed by atoms with van der Waals surface area (Å²) in [4.78, 5) is 3.87. The van der Waals surface area contributed by atoms with E-state index in [0.717, 1.165) is 5.82 Å². The Morgan fingerprint density at radius 1 is 1.78 bits per heavy atom. The molecule has 1 rings (SSSR count). The summed E-state index contributed by atoms with van der Waals surface area (Å²) in [5.74, 6) is 1.40. The Morgan fingerprint density at radius 2 is 2.44 bits per heavy atom. The van der Waals surface area contributed by atoms with E-state index in [4.69, 9.17) is 5.73 Å². The summed E-state index contributed by atoms with van der Waals surface area (Å²) in [6.07, 6.45) is 1.67. The van der Waals surface area contributed by atoms with Gasteiger partial charge in [-0.1, -0.05) is 0 Å². The molecule has 0 atom stereocenters. The van der Waals surface area contributed by atoms with E-state index >= 15 is 0 Å². The lowest BCUT2D eigenvalue weighted by Gasteiger charge is -1.99. The van der Waals surface area contributed by atoms with Gasteiger partial charge in [0.1, 0.15) is 5.82 Å². The molecule has 1 aromatic rings. The van der Waals surface area contributed by atoms with Crippen LogP contribution in [0.25, 0.3) is 0 Å². The van der Waals surface area contributed by atoms with E-state index in [1.165, 1.54) is 0 Å². The summed E-state index contributed by atoms with van der Waals surface area (Å²) in [5.41, 5.74) is 5.46. The lowest BCUT2D eigenvalue weighted by Crippen LogP contribution is -1.98. The fourth-order valence-corrected chi connectivity index (χ4v) is 0.753. The third-order valence-corrected chi connectivity index (χ3v) is 1.20. The zero-order valence-corrected chi connectivity index (χ0v) is 5.55. The summed E-state index contributed by atoms with van der Waals surface area (Å²) in [6.45, 7) is 0. The van der Waals surface area contributed by atoms with Crippen LogP contribution in [0, 0.1) is 0 Å². The van der Waals surface area contributed by atoms with Crippen molar-refractivity contribution in [2.24, 2.45) is 7.05 Å². The van der Waals surface area contributed by atoms with Crippen molar-refractivity contribution < 1.29 is 0 Å². The monoisotopic (exact) mass is 126 g/mol. The summed E-state index contributed by atoms with van der Waals surface area (Å²) >= 11 is 0. The molecule has 9 heavy (non-hydrogen) atoms. The first-order chi connectivity index (χ1) is 4.25. The van der Waals surface area contributed by atoms with Crippen molar-refractivity contribution in [1.29, 1.82) is 0 Å². The van der Waals surface area contributed by atoms with E-state index in [-0.39, 0.29) is 0 Å². The van der Waals surface area contributed by atoms with Crippen molar-refractivity contribution in [2.75, 3.05) is 18.1 Å². The summed E-state index contributed by atoms with van der Waals surface area (Å²) in [5, 5.41) is 2.92. The van der Waals surface area contributed by atoms with Gasteiger partial charge < -0.3 is 15.6 Å². The number of imidazole rings is 1. The number of hydrogen-bond donors (Lipinski definition) is 2. The predicted octanol–water partition coefficient (Wildman–Crippen LogP) is 0.0440. The van der Waals surface area contributed by atoms with Crippen LogP contribution in [0.4, 0.5) is 11.6 Å². The van der Waals surface area contributed by atoms with Crippen LogP contribution in [0.15, 0.2) is 6.33 Å². The molecular weight excluding hydrogens is 116 g/mol. The molecule has 0 saturated heterocycles. The highest BCUT2D eigenvalue weighted by atomic mass is 15.2. The minimum Gasteiger partial charge on any atom is -0.381 e. The van der Waals surface area contributed by atoms with E-state index in [2.05, 4.69) is 10.3 Å². The largest absolute Gasteiger partial charge is 0.381 e. The molecule has 0 radical (unpaired) electrons. The van der Waals surface area contributed by atoms with Crippen molar-refractivity contribution in [1.82, 2.24) is 9.55 Å². The number of nitrogens with one attached hydrogen (secondary N) is 1. The fourth-order valence-electron chi connectivity index (χ4n) is 0.753. The van der Waals surface area contributed by atoms with Gasteiger partial charge in [0.25, 0.3) is 0 Å². The number of nitrogen functional groups attached to an aromatic ring is 1. The minimum absolute atomic E-state index is 0.542.